The first-order chi connectivity index (χ1) is 3.93. The summed E-state index contributed by atoms with van der Waals surface area (Å²) in [5, 5.41) is 0. The van der Waals surface area contributed by atoms with Crippen molar-refractivity contribution in [1.82, 2.24) is 0 Å². The van der Waals surface area contributed by atoms with E-state index in [-0.39, 0.29) is 0 Å². The summed E-state index contributed by atoms with van der Waals surface area (Å²) in [5.74, 6) is 0.981. The fourth-order valence-corrected chi connectivity index (χ4v) is 0.856. The maximum Gasteiger partial charge on any atom is -0.0352 e. The van der Waals surface area contributed by atoms with E-state index in [0.29, 0.717) is 0 Å². The van der Waals surface area contributed by atoms with Crippen LogP contribution in [0.4, 0.5) is 0 Å². The molecule has 1 atom stereocenters. The average molecular weight is 109 g/mol. The van der Waals surface area contributed by atoms with Crippen molar-refractivity contribution in [2.45, 2.75) is 25.7 Å². The van der Waals surface area contributed by atoms with Gasteiger partial charge in [-0.1, -0.05) is 6.08 Å². The molecule has 0 saturated heterocycles. The third-order valence-electron chi connectivity index (χ3n) is 1.55. The van der Waals surface area contributed by atoms with Gasteiger partial charge >= 0.3 is 0 Å². The van der Waals surface area contributed by atoms with E-state index in [0.717, 1.165) is 5.92 Å². The van der Waals surface area contributed by atoms with Crippen molar-refractivity contribution >= 4 is 0 Å². The van der Waals surface area contributed by atoms with Gasteiger partial charge in [0.25, 0.3) is 0 Å². The van der Waals surface area contributed by atoms with Crippen LogP contribution in [0.3, 0.4) is 0 Å². The quantitative estimate of drug-likeness (QED) is 0.384. The van der Waals surface area contributed by atoms with Crippen molar-refractivity contribution in [2.24, 2.45) is 5.92 Å². The molecule has 0 spiro atoms. The molecule has 0 aliphatic heterocycles. The van der Waals surface area contributed by atoms with Crippen LogP contribution < -0.4 is 0 Å². The van der Waals surface area contributed by atoms with E-state index in [1.54, 1.807) is 0 Å². The highest BCUT2D eigenvalue weighted by molar-refractivity contribution is 4.94. The molecule has 8 heavy (non-hydrogen) atoms. The Balaban J connectivity index is 1.80. The molecular formula is C8H13. The number of rotatable bonds is 4. The van der Waals surface area contributed by atoms with Crippen molar-refractivity contribution in [3.05, 3.63) is 19.1 Å². The van der Waals surface area contributed by atoms with Crippen LogP contribution in [0.5, 0.6) is 0 Å². The second kappa shape index (κ2) is 2.91. The maximum absolute atomic E-state index is 3.67. The SMILES string of the molecule is C=CCCCC1[CH]C1. The van der Waals surface area contributed by atoms with Gasteiger partial charge in [0.15, 0.2) is 0 Å². The standard InChI is InChI=1S/C8H13/c1-2-3-4-5-8-6-7-8/h2,6,8H,1,3-5,7H2. The molecule has 0 aromatic rings. The van der Waals surface area contributed by atoms with E-state index in [9.17, 15) is 0 Å². The van der Waals surface area contributed by atoms with Gasteiger partial charge in [0.1, 0.15) is 0 Å². The van der Waals surface area contributed by atoms with E-state index in [1.165, 1.54) is 25.7 Å². The van der Waals surface area contributed by atoms with E-state index in [2.05, 4.69) is 13.0 Å². The molecule has 0 aromatic carbocycles. The monoisotopic (exact) mass is 109 g/mol. The molecule has 1 aliphatic carbocycles. The molecule has 0 amide bonds. The molecule has 1 rings (SSSR count). The van der Waals surface area contributed by atoms with Gasteiger partial charge in [0, 0.05) is 0 Å². The summed E-state index contributed by atoms with van der Waals surface area (Å²) < 4.78 is 0. The second-order valence-electron chi connectivity index (χ2n) is 2.45. The second-order valence-corrected chi connectivity index (χ2v) is 2.45. The molecule has 0 aromatic heterocycles. The van der Waals surface area contributed by atoms with Gasteiger partial charge in [-0.05, 0) is 38.0 Å². The van der Waals surface area contributed by atoms with Crippen LogP contribution >= 0.6 is 0 Å². The van der Waals surface area contributed by atoms with Gasteiger partial charge in [0.05, 0.1) is 0 Å². The van der Waals surface area contributed by atoms with E-state index in [4.69, 9.17) is 0 Å². The molecule has 1 saturated carbocycles. The molecule has 0 nitrogen and oxygen atoms in total. The van der Waals surface area contributed by atoms with E-state index < -0.39 is 0 Å². The summed E-state index contributed by atoms with van der Waals surface area (Å²) in [6, 6.07) is 0. The summed E-state index contributed by atoms with van der Waals surface area (Å²) in [6.07, 6.45) is 9.68. The molecule has 0 bridgehead atoms. The van der Waals surface area contributed by atoms with Gasteiger partial charge in [-0.3, -0.25) is 0 Å². The van der Waals surface area contributed by atoms with Gasteiger partial charge < -0.3 is 0 Å². The smallest absolute Gasteiger partial charge is 0.0352 e. The minimum Gasteiger partial charge on any atom is -0.103 e. The lowest BCUT2D eigenvalue weighted by Gasteiger charge is -1.90. The van der Waals surface area contributed by atoms with E-state index in [1.807, 2.05) is 6.08 Å². The Hall–Kier alpha value is -0.260. The molecule has 1 aliphatic rings. The number of allylic oxidation sites excluding steroid dienone is 1. The van der Waals surface area contributed by atoms with Crippen LogP contribution in [0.15, 0.2) is 12.7 Å². The van der Waals surface area contributed by atoms with Gasteiger partial charge in [-0.15, -0.1) is 6.58 Å². The van der Waals surface area contributed by atoms with Crippen LogP contribution in [-0.2, 0) is 0 Å². The van der Waals surface area contributed by atoms with Gasteiger partial charge in [-0.25, -0.2) is 0 Å². The normalized spacial score (nSPS) is 18.5. The van der Waals surface area contributed by atoms with Crippen LogP contribution in [0.1, 0.15) is 25.7 Å². The highest BCUT2D eigenvalue weighted by Crippen LogP contribution is 2.32. The van der Waals surface area contributed by atoms with Gasteiger partial charge in [-0.2, -0.15) is 0 Å². The summed E-state index contributed by atoms with van der Waals surface area (Å²) in [5.41, 5.74) is 0. The van der Waals surface area contributed by atoms with Crippen molar-refractivity contribution < 1.29 is 0 Å². The molecule has 0 N–H and O–H groups in total. The first-order valence-corrected chi connectivity index (χ1v) is 3.37. The predicted molar refractivity (Wildman–Crippen MR) is 36.5 cm³/mol. The Morgan fingerprint density at radius 2 is 2.50 bits per heavy atom. The summed E-state index contributed by atoms with van der Waals surface area (Å²) in [7, 11) is 0. The molecule has 1 radical (unpaired) electrons. The lowest BCUT2D eigenvalue weighted by Crippen LogP contribution is -1.74. The van der Waals surface area contributed by atoms with Crippen molar-refractivity contribution in [1.29, 1.82) is 0 Å². The zero-order chi connectivity index (χ0) is 5.82. The van der Waals surface area contributed by atoms with Crippen LogP contribution in [0.2, 0.25) is 0 Å². The predicted octanol–water partition coefficient (Wildman–Crippen LogP) is 2.57. The minimum absolute atomic E-state index is 0.981. The van der Waals surface area contributed by atoms with Crippen LogP contribution in [0.25, 0.3) is 0 Å². The Morgan fingerprint density at radius 3 is 3.00 bits per heavy atom. The first-order valence-electron chi connectivity index (χ1n) is 3.37. The fourth-order valence-electron chi connectivity index (χ4n) is 0.856. The highest BCUT2D eigenvalue weighted by atomic mass is 14.2. The zero-order valence-electron chi connectivity index (χ0n) is 5.27. The Kier molecular flexibility index (Phi) is 2.13. The Morgan fingerprint density at radius 1 is 1.75 bits per heavy atom. The Labute approximate surface area is 51.6 Å². The van der Waals surface area contributed by atoms with Gasteiger partial charge in [0.2, 0.25) is 0 Å². The van der Waals surface area contributed by atoms with E-state index >= 15 is 0 Å². The average Bonchev–Trinajstić information content (AvgIpc) is 2.51. The number of unbranched alkanes of at least 4 members (excludes halogenated alkanes) is 1. The number of hydrogen-bond acceptors (Lipinski definition) is 0. The van der Waals surface area contributed by atoms with Crippen LogP contribution in [0, 0.1) is 12.3 Å². The summed E-state index contributed by atoms with van der Waals surface area (Å²) in [6.45, 7) is 3.67. The third-order valence-corrected chi connectivity index (χ3v) is 1.55. The highest BCUT2D eigenvalue weighted by Gasteiger charge is 2.19. The minimum atomic E-state index is 0.981. The molecule has 1 unspecified atom stereocenters. The summed E-state index contributed by atoms with van der Waals surface area (Å²) >= 11 is 0. The topological polar surface area (TPSA) is 0 Å². The largest absolute Gasteiger partial charge is 0.103 e. The van der Waals surface area contributed by atoms with Crippen molar-refractivity contribution in [3.8, 4) is 0 Å². The van der Waals surface area contributed by atoms with Crippen LogP contribution in [-0.4, -0.2) is 0 Å². The molecule has 1 fully saturated rings. The third kappa shape index (κ3) is 2.15. The zero-order valence-corrected chi connectivity index (χ0v) is 5.27. The lowest BCUT2D eigenvalue weighted by molar-refractivity contribution is 0.691. The number of hydrogen-bond donors (Lipinski definition) is 0. The molecule has 45 valence electrons. The molecule has 0 heterocycles. The maximum atomic E-state index is 3.67. The fraction of sp³-hybridized carbons (Fsp3) is 0.625. The Bertz CT molecular complexity index is 70.1. The van der Waals surface area contributed by atoms with Crippen molar-refractivity contribution in [3.63, 3.8) is 0 Å². The molecular weight excluding hydrogens is 96.1 g/mol. The lowest BCUT2D eigenvalue weighted by atomic mass is 10.2. The first kappa shape index (κ1) is 5.87. The molecule has 0 heteroatoms. The van der Waals surface area contributed by atoms with Crippen molar-refractivity contribution in [2.75, 3.05) is 0 Å². The summed E-state index contributed by atoms with van der Waals surface area (Å²) in [4.78, 5) is 0.